The Bertz CT molecular complexity index is 287. The lowest BCUT2D eigenvalue weighted by atomic mass is 9.85. The van der Waals surface area contributed by atoms with Crippen LogP contribution in [0.3, 0.4) is 0 Å². The highest BCUT2D eigenvalue weighted by Gasteiger charge is 2.26. The van der Waals surface area contributed by atoms with E-state index in [1.807, 2.05) is 6.92 Å². The number of nitrogens with one attached hydrogen (secondary N) is 1. The average molecular weight is 271 g/mol. The zero-order valence-electron chi connectivity index (χ0n) is 11.9. The van der Waals surface area contributed by atoms with Crippen LogP contribution in [0.15, 0.2) is 0 Å². The quantitative estimate of drug-likeness (QED) is 0.715. The highest BCUT2D eigenvalue weighted by atomic mass is 16.5. The second-order valence-electron chi connectivity index (χ2n) is 5.02. The van der Waals surface area contributed by atoms with E-state index < -0.39 is 6.04 Å². The molecule has 0 radical (unpaired) electrons. The van der Waals surface area contributed by atoms with Gasteiger partial charge in [0.15, 0.2) is 0 Å². The lowest BCUT2D eigenvalue weighted by molar-refractivity contribution is -0.146. The van der Waals surface area contributed by atoms with Gasteiger partial charge in [0.25, 0.3) is 0 Å². The third-order valence-corrected chi connectivity index (χ3v) is 3.55. The molecule has 0 aromatic rings. The molecule has 0 spiro atoms. The van der Waals surface area contributed by atoms with Gasteiger partial charge in [-0.3, -0.25) is 4.79 Å². The molecule has 19 heavy (non-hydrogen) atoms. The Balaban J connectivity index is 2.46. The molecule has 0 aliphatic heterocycles. The topological polar surface area (TPSA) is 64.6 Å². The van der Waals surface area contributed by atoms with Crippen molar-refractivity contribution in [3.63, 3.8) is 0 Å². The summed E-state index contributed by atoms with van der Waals surface area (Å²) in [6.45, 7) is 2.31. The van der Waals surface area contributed by atoms with Crippen molar-refractivity contribution >= 4 is 11.9 Å². The lowest BCUT2D eigenvalue weighted by Gasteiger charge is -2.25. The van der Waals surface area contributed by atoms with Crippen LogP contribution in [0.5, 0.6) is 0 Å². The van der Waals surface area contributed by atoms with Gasteiger partial charge in [0, 0.05) is 6.61 Å². The largest absolute Gasteiger partial charge is 0.467 e. The maximum atomic E-state index is 11.7. The van der Waals surface area contributed by atoms with Crippen LogP contribution in [-0.2, 0) is 19.1 Å². The number of carbonyl (C=O) groups excluding carboxylic acids is 2. The van der Waals surface area contributed by atoms with Crippen LogP contribution < -0.4 is 5.32 Å². The molecular weight excluding hydrogens is 246 g/mol. The summed E-state index contributed by atoms with van der Waals surface area (Å²) in [5.41, 5.74) is 0. The van der Waals surface area contributed by atoms with Crippen molar-refractivity contribution < 1.29 is 19.1 Å². The number of hydrogen-bond acceptors (Lipinski definition) is 4. The fourth-order valence-electron chi connectivity index (χ4n) is 2.54. The Labute approximate surface area is 115 Å². The van der Waals surface area contributed by atoms with Gasteiger partial charge in [-0.2, -0.15) is 0 Å². The third-order valence-electron chi connectivity index (χ3n) is 3.55. The van der Waals surface area contributed by atoms with E-state index in [-0.39, 0.29) is 18.5 Å². The molecule has 5 nitrogen and oxygen atoms in total. The maximum Gasteiger partial charge on any atom is 0.328 e. The molecule has 1 unspecified atom stereocenters. The fraction of sp³-hybridized carbons (Fsp3) is 0.857. The Morgan fingerprint density at radius 3 is 2.53 bits per heavy atom. The van der Waals surface area contributed by atoms with Crippen LogP contribution in [0.2, 0.25) is 0 Å². The van der Waals surface area contributed by atoms with Crippen molar-refractivity contribution in [1.29, 1.82) is 0 Å². The summed E-state index contributed by atoms with van der Waals surface area (Å²) in [6, 6.07) is -0.541. The van der Waals surface area contributed by atoms with E-state index in [0.29, 0.717) is 18.9 Å². The first-order chi connectivity index (χ1) is 9.17. The minimum Gasteiger partial charge on any atom is -0.467 e. The molecule has 1 N–H and O–H groups in total. The Morgan fingerprint density at radius 2 is 1.95 bits per heavy atom. The van der Waals surface area contributed by atoms with Gasteiger partial charge in [0.2, 0.25) is 5.91 Å². The highest BCUT2D eigenvalue weighted by Crippen LogP contribution is 2.27. The maximum absolute atomic E-state index is 11.7. The smallest absolute Gasteiger partial charge is 0.328 e. The molecule has 1 amide bonds. The van der Waals surface area contributed by atoms with Gasteiger partial charge >= 0.3 is 5.97 Å². The zero-order valence-corrected chi connectivity index (χ0v) is 11.9. The van der Waals surface area contributed by atoms with Crippen LogP contribution >= 0.6 is 0 Å². The predicted octanol–water partition coefficient (Wildman–Crippen LogP) is 1.65. The van der Waals surface area contributed by atoms with Gasteiger partial charge in [-0.15, -0.1) is 0 Å². The van der Waals surface area contributed by atoms with Gasteiger partial charge in [-0.05, 0) is 19.3 Å². The molecule has 5 heteroatoms. The monoisotopic (exact) mass is 271 g/mol. The molecule has 1 aliphatic rings. The van der Waals surface area contributed by atoms with Crippen molar-refractivity contribution in [2.75, 3.05) is 20.3 Å². The molecule has 0 aromatic heterocycles. The molecule has 110 valence electrons. The minimum absolute atomic E-state index is 0.00530. The van der Waals surface area contributed by atoms with E-state index in [0.717, 1.165) is 12.8 Å². The highest BCUT2D eigenvalue weighted by molar-refractivity contribution is 5.85. The standard InChI is InChI=1S/C14H25NO4/c1-3-19-10-13(16)15-12(14(17)18-2)9-11-7-5-4-6-8-11/h11-12H,3-10H2,1-2H3,(H,15,16). The second-order valence-corrected chi connectivity index (χ2v) is 5.02. The van der Waals surface area contributed by atoms with Crippen molar-refractivity contribution in [1.82, 2.24) is 5.32 Å². The van der Waals surface area contributed by atoms with Crippen molar-refractivity contribution in [3.05, 3.63) is 0 Å². The van der Waals surface area contributed by atoms with Crippen molar-refractivity contribution in [3.8, 4) is 0 Å². The summed E-state index contributed by atoms with van der Waals surface area (Å²) < 4.78 is 9.80. The van der Waals surface area contributed by atoms with Crippen LogP contribution in [0, 0.1) is 5.92 Å². The lowest BCUT2D eigenvalue weighted by Crippen LogP contribution is -2.44. The third kappa shape index (κ3) is 6.05. The van der Waals surface area contributed by atoms with Gasteiger partial charge in [-0.25, -0.2) is 4.79 Å². The van der Waals surface area contributed by atoms with E-state index >= 15 is 0 Å². The average Bonchev–Trinajstić information content (AvgIpc) is 2.44. The zero-order chi connectivity index (χ0) is 14.1. The molecule has 1 rings (SSSR count). The SMILES string of the molecule is CCOCC(=O)NC(CC1CCCCC1)C(=O)OC. The summed E-state index contributed by atoms with van der Waals surface area (Å²) in [6.07, 6.45) is 6.64. The molecule has 1 saturated carbocycles. The first-order valence-electron chi connectivity index (χ1n) is 7.12. The molecule has 1 fully saturated rings. The van der Waals surface area contributed by atoms with Crippen molar-refractivity contribution in [2.24, 2.45) is 5.92 Å². The first kappa shape index (κ1) is 16.0. The summed E-state index contributed by atoms with van der Waals surface area (Å²) in [5.74, 6) is -0.117. The number of esters is 1. The summed E-state index contributed by atoms with van der Waals surface area (Å²) >= 11 is 0. The minimum atomic E-state index is -0.541. The number of ether oxygens (including phenoxy) is 2. The molecule has 1 aliphatic carbocycles. The van der Waals surface area contributed by atoms with Gasteiger partial charge < -0.3 is 14.8 Å². The number of hydrogen-bond donors (Lipinski definition) is 1. The van der Waals surface area contributed by atoms with E-state index in [2.05, 4.69) is 5.32 Å². The number of carbonyl (C=O) groups is 2. The predicted molar refractivity (Wildman–Crippen MR) is 71.6 cm³/mol. The molecule has 1 atom stereocenters. The summed E-state index contributed by atoms with van der Waals surface area (Å²) in [7, 11) is 1.35. The number of rotatable bonds is 7. The van der Waals surface area contributed by atoms with Crippen LogP contribution in [-0.4, -0.2) is 38.2 Å². The van der Waals surface area contributed by atoms with Crippen molar-refractivity contribution in [2.45, 2.75) is 51.5 Å². The molecule has 0 aromatic carbocycles. The van der Waals surface area contributed by atoms with E-state index in [4.69, 9.17) is 9.47 Å². The molecular formula is C14H25NO4. The van der Waals surface area contributed by atoms with E-state index in [9.17, 15) is 9.59 Å². The Morgan fingerprint density at radius 1 is 1.26 bits per heavy atom. The number of amides is 1. The van der Waals surface area contributed by atoms with Crippen LogP contribution in [0.1, 0.15) is 45.4 Å². The van der Waals surface area contributed by atoms with E-state index in [1.165, 1.54) is 26.4 Å². The second kappa shape index (κ2) is 8.91. The molecule has 0 saturated heterocycles. The number of methoxy groups -OCH3 is 1. The van der Waals surface area contributed by atoms with Crippen LogP contribution in [0.25, 0.3) is 0 Å². The Hall–Kier alpha value is -1.10. The van der Waals surface area contributed by atoms with Gasteiger partial charge in [0.1, 0.15) is 12.6 Å². The van der Waals surface area contributed by atoms with Gasteiger partial charge in [0.05, 0.1) is 7.11 Å². The van der Waals surface area contributed by atoms with E-state index in [1.54, 1.807) is 0 Å². The first-order valence-corrected chi connectivity index (χ1v) is 7.12. The summed E-state index contributed by atoms with van der Waals surface area (Å²) in [5, 5.41) is 2.71. The summed E-state index contributed by atoms with van der Waals surface area (Å²) in [4.78, 5) is 23.3. The Kier molecular flexibility index (Phi) is 7.48. The fourth-order valence-corrected chi connectivity index (χ4v) is 2.54. The normalized spacial score (nSPS) is 17.8. The molecule has 0 heterocycles. The van der Waals surface area contributed by atoms with Gasteiger partial charge in [-0.1, -0.05) is 32.1 Å². The van der Waals surface area contributed by atoms with Crippen LogP contribution in [0.4, 0.5) is 0 Å². The molecule has 0 bridgehead atoms.